The minimum atomic E-state index is -0.941. The summed E-state index contributed by atoms with van der Waals surface area (Å²) >= 11 is 0. The number of hydrogen-bond acceptors (Lipinski definition) is 5. The van der Waals surface area contributed by atoms with Crippen LogP contribution in [0.4, 0.5) is 5.69 Å². The van der Waals surface area contributed by atoms with Gasteiger partial charge in [0, 0.05) is 26.1 Å². The molecule has 148 valence electrons. The second-order valence-corrected chi connectivity index (χ2v) is 7.27. The second-order valence-electron chi connectivity index (χ2n) is 7.27. The van der Waals surface area contributed by atoms with Gasteiger partial charge in [0.15, 0.2) is 0 Å². The number of aliphatic hydroxyl groups is 1. The Balaban J connectivity index is 1.53. The van der Waals surface area contributed by atoms with E-state index in [0.717, 1.165) is 13.0 Å². The summed E-state index contributed by atoms with van der Waals surface area (Å²) in [7, 11) is 0. The lowest BCUT2D eigenvalue weighted by molar-refractivity contribution is -0.118. The Hall–Kier alpha value is -2.87. The van der Waals surface area contributed by atoms with Gasteiger partial charge in [-0.15, -0.1) is 0 Å². The predicted molar refractivity (Wildman–Crippen MR) is 102 cm³/mol. The Kier molecular flexibility index (Phi) is 4.80. The van der Waals surface area contributed by atoms with Crippen LogP contribution in [-0.2, 0) is 11.3 Å². The van der Waals surface area contributed by atoms with Crippen molar-refractivity contribution in [2.75, 3.05) is 4.90 Å². The maximum Gasteiger partial charge on any atom is 0.272 e. The van der Waals surface area contributed by atoms with Crippen molar-refractivity contribution in [2.24, 2.45) is 0 Å². The van der Waals surface area contributed by atoms with E-state index in [-0.39, 0.29) is 11.8 Å². The molecule has 0 saturated heterocycles. The van der Waals surface area contributed by atoms with Crippen LogP contribution in [0.3, 0.4) is 0 Å². The number of anilines is 1. The normalized spacial score (nSPS) is 25.6. The molecule has 1 aromatic heterocycles. The van der Waals surface area contributed by atoms with Gasteiger partial charge in [-0.1, -0.05) is 19.1 Å². The van der Waals surface area contributed by atoms with Gasteiger partial charge in [0.1, 0.15) is 23.6 Å². The first-order valence-corrected chi connectivity index (χ1v) is 9.57. The van der Waals surface area contributed by atoms with E-state index in [9.17, 15) is 14.7 Å². The number of nitrogens with one attached hydrogen (secondary N) is 1. The zero-order valence-electron chi connectivity index (χ0n) is 15.9. The quantitative estimate of drug-likeness (QED) is 0.829. The number of hydrogen-bond donors (Lipinski definition) is 2. The molecular formula is C20H24N4O4. The average molecular weight is 384 g/mol. The monoisotopic (exact) mass is 384 g/mol. The maximum atomic E-state index is 12.6. The number of aromatic nitrogens is 2. The van der Waals surface area contributed by atoms with Crippen molar-refractivity contribution in [3.05, 3.63) is 42.2 Å². The molecule has 1 saturated carbocycles. The molecule has 2 amide bonds. The van der Waals surface area contributed by atoms with Crippen molar-refractivity contribution >= 4 is 17.5 Å². The first kappa shape index (κ1) is 18.5. The number of nitrogens with zero attached hydrogens (tertiary/aromatic N) is 3. The fourth-order valence-corrected chi connectivity index (χ4v) is 4.11. The minimum Gasteiger partial charge on any atom is -0.486 e. The molecule has 2 aliphatic rings. The third-order valence-electron chi connectivity index (χ3n) is 5.31. The van der Waals surface area contributed by atoms with Gasteiger partial charge in [0.05, 0.1) is 17.8 Å². The standard InChI is InChI=1S/C20H24N4O4/c1-3-9-23-10-8-13(22-23)20(27)21-14-11-17-18(19(14)26)24(12(2)25)15-6-4-5-7-16(15)28-17/h4-8,10,14,17-19,26H,3,9,11H2,1-2H3,(H,21,27)/t14-,17-,18-,19-/m1/s1. The molecule has 1 aromatic carbocycles. The highest BCUT2D eigenvalue weighted by Gasteiger charge is 2.51. The lowest BCUT2D eigenvalue weighted by Crippen LogP contribution is -2.55. The van der Waals surface area contributed by atoms with Crippen molar-refractivity contribution in [1.29, 1.82) is 0 Å². The van der Waals surface area contributed by atoms with E-state index in [4.69, 9.17) is 4.74 Å². The van der Waals surface area contributed by atoms with Crippen LogP contribution in [0.15, 0.2) is 36.5 Å². The first-order chi connectivity index (χ1) is 13.5. The Bertz CT molecular complexity index is 896. The number of carbonyl (C=O) groups is 2. The number of rotatable bonds is 4. The molecule has 2 heterocycles. The molecule has 28 heavy (non-hydrogen) atoms. The maximum absolute atomic E-state index is 12.6. The fraction of sp³-hybridized carbons (Fsp3) is 0.450. The topological polar surface area (TPSA) is 96.7 Å². The number of aryl methyl sites for hydroxylation is 1. The van der Waals surface area contributed by atoms with E-state index >= 15 is 0 Å². The van der Waals surface area contributed by atoms with Crippen LogP contribution in [0.5, 0.6) is 5.75 Å². The van der Waals surface area contributed by atoms with E-state index in [1.54, 1.807) is 34.0 Å². The van der Waals surface area contributed by atoms with E-state index in [1.165, 1.54) is 6.92 Å². The number of carbonyl (C=O) groups excluding carboxylic acids is 2. The first-order valence-electron chi connectivity index (χ1n) is 9.57. The van der Waals surface area contributed by atoms with Crippen molar-refractivity contribution < 1.29 is 19.4 Å². The molecule has 0 bridgehead atoms. The minimum absolute atomic E-state index is 0.171. The van der Waals surface area contributed by atoms with Gasteiger partial charge in [-0.2, -0.15) is 5.10 Å². The highest BCUT2D eigenvalue weighted by Crippen LogP contribution is 2.41. The molecule has 2 N–H and O–H groups in total. The summed E-state index contributed by atoms with van der Waals surface area (Å²) < 4.78 is 7.75. The third kappa shape index (κ3) is 3.13. The number of fused-ring (bicyclic) bond motifs is 2. The number of benzene rings is 1. The number of aliphatic hydroxyl groups excluding tert-OH is 1. The Labute approximate surface area is 163 Å². The molecular weight excluding hydrogens is 360 g/mol. The van der Waals surface area contributed by atoms with E-state index in [1.807, 2.05) is 19.1 Å². The Morgan fingerprint density at radius 3 is 2.86 bits per heavy atom. The van der Waals surface area contributed by atoms with Crippen LogP contribution < -0.4 is 15.0 Å². The van der Waals surface area contributed by atoms with Gasteiger partial charge < -0.3 is 15.2 Å². The molecule has 0 unspecified atom stereocenters. The molecule has 1 fully saturated rings. The zero-order valence-corrected chi connectivity index (χ0v) is 15.9. The van der Waals surface area contributed by atoms with Crippen molar-refractivity contribution in [2.45, 2.75) is 57.5 Å². The van der Waals surface area contributed by atoms with E-state index in [0.29, 0.717) is 23.6 Å². The van der Waals surface area contributed by atoms with Crippen LogP contribution in [0.2, 0.25) is 0 Å². The van der Waals surface area contributed by atoms with Crippen LogP contribution in [0.1, 0.15) is 37.2 Å². The van der Waals surface area contributed by atoms with Gasteiger partial charge >= 0.3 is 0 Å². The van der Waals surface area contributed by atoms with Gasteiger partial charge in [0.2, 0.25) is 5.91 Å². The Morgan fingerprint density at radius 2 is 2.11 bits per heavy atom. The largest absolute Gasteiger partial charge is 0.486 e. The second kappa shape index (κ2) is 7.27. The molecule has 1 aliphatic heterocycles. The van der Waals surface area contributed by atoms with Crippen LogP contribution in [-0.4, -0.2) is 51.0 Å². The van der Waals surface area contributed by atoms with Gasteiger partial charge in [-0.25, -0.2) is 0 Å². The summed E-state index contributed by atoms with van der Waals surface area (Å²) in [6.45, 7) is 4.25. The lowest BCUT2D eigenvalue weighted by atomic mass is 10.1. The summed E-state index contributed by atoms with van der Waals surface area (Å²) in [5, 5.41) is 18.0. The zero-order chi connectivity index (χ0) is 19.8. The molecule has 2 aromatic rings. The summed E-state index contributed by atoms with van der Waals surface area (Å²) in [4.78, 5) is 26.5. The fourth-order valence-electron chi connectivity index (χ4n) is 4.11. The van der Waals surface area contributed by atoms with E-state index < -0.39 is 24.3 Å². The summed E-state index contributed by atoms with van der Waals surface area (Å²) in [6.07, 6.45) is 1.76. The van der Waals surface area contributed by atoms with Crippen molar-refractivity contribution in [1.82, 2.24) is 15.1 Å². The predicted octanol–water partition coefficient (Wildman–Crippen LogP) is 1.34. The smallest absolute Gasteiger partial charge is 0.272 e. The van der Waals surface area contributed by atoms with Gasteiger partial charge in [-0.05, 0) is 24.6 Å². The highest BCUT2D eigenvalue weighted by atomic mass is 16.5. The van der Waals surface area contributed by atoms with Gasteiger partial charge in [0.25, 0.3) is 5.91 Å². The van der Waals surface area contributed by atoms with Crippen molar-refractivity contribution in [3.63, 3.8) is 0 Å². The number of ether oxygens (including phenoxy) is 1. The van der Waals surface area contributed by atoms with Gasteiger partial charge in [-0.3, -0.25) is 19.2 Å². The molecule has 0 spiro atoms. The van der Waals surface area contributed by atoms with Crippen LogP contribution in [0, 0.1) is 0 Å². The SMILES string of the molecule is CCCn1ccc(C(=O)N[C@@H]2C[C@H]3Oc4ccccc4N(C(C)=O)[C@H]3[C@@H]2O)n1. The highest BCUT2D eigenvalue weighted by molar-refractivity contribution is 5.95. The van der Waals surface area contributed by atoms with Crippen LogP contribution in [0.25, 0.3) is 0 Å². The summed E-state index contributed by atoms with van der Waals surface area (Å²) in [5.74, 6) is 0.0935. The molecule has 1 aliphatic carbocycles. The molecule has 0 radical (unpaired) electrons. The number of amides is 2. The summed E-state index contributed by atoms with van der Waals surface area (Å²) in [6, 6.07) is 7.85. The number of para-hydroxylation sites is 2. The third-order valence-corrected chi connectivity index (χ3v) is 5.31. The van der Waals surface area contributed by atoms with E-state index in [2.05, 4.69) is 10.4 Å². The average Bonchev–Trinajstić information content (AvgIpc) is 3.25. The molecule has 4 atom stereocenters. The van der Waals surface area contributed by atoms with Crippen LogP contribution >= 0.6 is 0 Å². The van der Waals surface area contributed by atoms with Crippen molar-refractivity contribution in [3.8, 4) is 5.75 Å². The summed E-state index contributed by atoms with van der Waals surface area (Å²) in [5.41, 5.74) is 0.948. The Morgan fingerprint density at radius 1 is 1.32 bits per heavy atom. The molecule has 4 rings (SSSR count). The molecule has 8 nitrogen and oxygen atoms in total. The lowest BCUT2D eigenvalue weighted by Gasteiger charge is -2.39. The molecule has 8 heteroatoms.